The molecule has 0 saturated carbocycles. The molecular formula is C15H22. The summed E-state index contributed by atoms with van der Waals surface area (Å²) in [7, 11) is 0. The molecule has 0 N–H and O–H groups in total. The molecule has 0 heterocycles. The molecule has 1 aliphatic rings. The van der Waals surface area contributed by atoms with E-state index in [0.717, 1.165) is 17.8 Å². The zero-order chi connectivity index (χ0) is 11.0. The predicted molar refractivity (Wildman–Crippen MR) is 66.4 cm³/mol. The Bertz CT molecular complexity index is 349. The first-order valence-corrected chi connectivity index (χ1v) is 6.20. The van der Waals surface area contributed by atoms with E-state index in [4.69, 9.17) is 0 Å². The molecule has 0 aromatic heterocycles. The van der Waals surface area contributed by atoms with Gasteiger partial charge in [0, 0.05) is 0 Å². The first kappa shape index (κ1) is 10.7. The highest BCUT2D eigenvalue weighted by Gasteiger charge is 2.26. The summed E-state index contributed by atoms with van der Waals surface area (Å²) < 4.78 is 0. The zero-order valence-electron chi connectivity index (χ0n) is 10.4. The second-order valence-electron chi connectivity index (χ2n) is 5.46. The van der Waals surface area contributed by atoms with E-state index in [1.807, 2.05) is 0 Å². The highest BCUT2D eigenvalue weighted by molar-refractivity contribution is 5.38. The van der Waals surface area contributed by atoms with Gasteiger partial charge in [-0.1, -0.05) is 44.5 Å². The average molecular weight is 202 g/mol. The van der Waals surface area contributed by atoms with E-state index in [1.54, 1.807) is 11.1 Å². The van der Waals surface area contributed by atoms with Crippen molar-refractivity contribution in [2.24, 2.45) is 5.92 Å². The van der Waals surface area contributed by atoms with Gasteiger partial charge < -0.3 is 0 Å². The van der Waals surface area contributed by atoms with Crippen molar-refractivity contribution in [1.29, 1.82) is 0 Å². The van der Waals surface area contributed by atoms with Crippen LogP contribution in [0.15, 0.2) is 18.2 Å². The van der Waals surface area contributed by atoms with Crippen molar-refractivity contribution in [2.75, 3.05) is 0 Å². The smallest absolute Gasteiger partial charge is 0.0136 e. The summed E-state index contributed by atoms with van der Waals surface area (Å²) in [5.41, 5.74) is 4.64. The monoisotopic (exact) mass is 202 g/mol. The SMILES string of the molecule is Cc1ccc2c(c1)C(C(C)C)CCC2C. The summed E-state index contributed by atoms with van der Waals surface area (Å²) in [6.45, 7) is 9.28. The fraction of sp³-hybridized carbons (Fsp3) is 0.600. The van der Waals surface area contributed by atoms with Gasteiger partial charge in [-0.15, -0.1) is 0 Å². The topological polar surface area (TPSA) is 0 Å². The van der Waals surface area contributed by atoms with Gasteiger partial charge in [-0.3, -0.25) is 0 Å². The lowest BCUT2D eigenvalue weighted by Crippen LogP contribution is -2.17. The van der Waals surface area contributed by atoms with Crippen LogP contribution in [-0.4, -0.2) is 0 Å². The van der Waals surface area contributed by atoms with Gasteiger partial charge in [0.15, 0.2) is 0 Å². The van der Waals surface area contributed by atoms with Gasteiger partial charge in [-0.25, -0.2) is 0 Å². The van der Waals surface area contributed by atoms with Crippen LogP contribution in [0.25, 0.3) is 0 Å². The second-order valence-corrected chi connectivity index (χ2v) is 5.46. The lowest BCUT2D eigenvalue weighted by atomic mass is 9.73. The molecule has 2 atom stereocenters. The van der Waals surface area contributed by atoms with Crippen LogP contribution in [0.1, 0.15) is 62.1 Å². The van der Waals surface area contributed by atoms with Crippen LogP contribution in [0.4, 0.5) is 0 Å². The van der Waals surface area contributed by atoms with E-state index < -0.39 is 0 Å². The molecule has 1 aromatic rings. The molecule has 0 spiro atoms. The molecule has 0 heteroatoms. The largest absolute Gasteiger partial charge is 0.0622 e. The summed E-state index contributed by atoms with van der Waals surface area (Å²) >= 11 is 0. The minimum absolute atomic E-state index is 0.760. The Morgan fingerprint density at radius 3 is 2.53 bits per heavy atom. The molecular weight excluding hydrogens is 180 g/mol. The van der Waals surface area contributed by atoms with Gasteiger partial charge >= 0.3 is 0 Å². The Balaban J connectivity index is 2.46. The first-order valence-electron chi connectivity index (χ1n) is 6.20. The summed E-state index contributed by atoms with van der Waals surface area (Å²) in [6.07, 6.45) is 2.73. The predicted octanol–water partition coefficient (Wildman–Crippen LogP) is 4.63. The second kappa shape index (κ2) is 4.00. The van der Waals surface area contributed by atoms with Gasteiger partial charge in [-0.2, -0.15) is 0 Å². The van der Waals surface area contributed by atoms with Crippen LogP contribution in [0.5, 0.6) is 0 Å². The van der Waals surface area contributed by atoms with Crippen LogP contribution in [-0.2, 0) is 0 Å². The normalized spacial score (nSPS) is 25.4. The van der Waals surface area contributed by atoms with E-state index in [0.29, 0.717) is 0 Å². The molecule has 1 aliphatic carbocycles. The van der Waals surface area contributed by atoms with Crippen LogP contribution in [0, 0.1) is 12.8 Å². The van der Waals surface area contributed by atoms with E-state index in [2.05, 4.69) is 45.9 Å². The summed E-state index contributed by atoms with van der Waals surface area (Å²) in [5, 5.41) is 0. The standard InChI is InChI=1S/C15H22/c1-10(2)13-8-6-12(4)14-7-5-11(3)9-15(13)14/h5,7,9-10,12-13H,6,8H2,1-4H3. The minimum atomic E-state index is 0.760. The molecule has 0 fully saturated rings. The quantitative estimate of drug-likeness (QED) is 0.622. The van der Waals surface area contributed by atoms with Crippen molar-refractivity contribution in [2.45, 2.75) is 52.4 Å². The molecule has 0 nitrogen and oxygen atoms in total. The molecule has 2 rings (SSSR count). The Morgan fingerprint density at radius 2 is 1.87 bits per heavy atom. The van der Waals surface area contributed by atoms with E-state index in [1.165, 1.54) is 18.4 Å². The van der Waals surface area contributed by atoms with Crippen molar-refractivity contribution in [1.82, 2.24) is 0 Å². The summed E-state index contributed by atoms with van der Waals surface area (Å²) in [5.74, 6) is 2.32. The number of aryl methyl sites for hydroxylation is 1. The molecule has 0 saturated heterocycles. The lowest BCUT2D eigenvalue weighted by Gasteiger charge is -2.32. The minimum Gasteiger partial charge on any atom is -0.0622 e. The fourth-order valence-electron chi connectivity index (χ4n) is 2.90. The van der Waals surface area contributed by atoms with E-state index in [9.17, 15) is 0 Å². The van der Waals surface area contributed by atoms with Crippen LogP contribution in [0.3, 0.4) is 0 Å². The zero-order valence-corrected chi connectivity index (χ0v) is 10.4. The Hall–Kier alpha value is -0.780. The van der Waals surface area contributed by atoms with Crippen molar-refractivity contribution in [3.63, 3.8) is 0 Å². The third kappa shape index (κ3) is 1.95. The van der Waals surface area contributed by atoms with Crippen LogP contribution >= 0.6 is 0 Å². The summed E-state index contributed by atoms with van der Waals surface area (Å²) in [4.78, 5) is 0. The van der Waals surface area contributed by atoms with Gasteiger partial charge in [0.05, 0.1) is 0 Å². The number of benzene rings is 1. The molecule has 2 unspecified atom stereocenters. The number of hydrogen-bond acceptors (Lipinski definition) is 0. The van der Waals surface area contributed by atoms with E-state index >= 15 is 0 Å². The average Bonchev–Trinajstić information content (AvgIpc) is 2.17. The number of rotatable bonds is 1. The highest BCUT2D eigenvalue weighted by atomic mass is 14.3. The Kier molecular flexibility index (Phi) is 2.86. The van der Waals surface area contributed by atoms with Gasteiger partial charge in [-0.05, 0) is 48.6 Å². The van der Waals surface area contributed by atoms with Crippen molar-refractivity contribution < 1.29 is 0 Å². The first-order chi connectivity index (χ1) is 7.09. The maximum absolute atomic E-state index is 2.41. The molecule has 15 heavy (non-hydrogen) atoms. The number of hydrogen-bond donors (Lipinski definition) is 0. The Labute approximate surface area is 93.7 Å². The molecule has 0 bridgehead atoms. The van der Waals surface area contributed by atoms with Crippen LogP contribution in [0.2, 0.25) is 0 Å². The molecule has 0 amide bonds. The van der Waals surface area contributed by atoms with Crippen molar-refractivity contribution >= 4 is 0 Å². The van der Waals surface area contributed by atoms with Crippen molar-refractivity contribution in [3.05, 3.63) is 34.9 Å². The molecule has 1 aromatic carbocycles. The highest BCUT2D eigenvalue weighted by Crippen LogP contribution is 2.42. The van der Waals surface area contributed by atoms with Crippen molar-refractivity contribution in [3.8, 4) is 0 Å². The number of fused-ring (bicyclic) bond motifs is 1. The van der Waals surface area contributed by atoms with Gasteiger partial charge in [0.25, 0.3) is 0 Å². The third-order valence-electron chi connectivity index (χ3n) is 3.89. The lowest BCUT2D eigenvalue weighted by molar-refractivity contribution is 0.410. The summed E-state index contributed by atoms with van der Waals surface area (Å²) in [6, 6.07) is 7.03. The maximum atomic E-state index is 2.41. The van der Waals surface area contributed by atoms with Gasteiger partial charge in [0.2, 0.25) is 0 Å². The maximum Gasteiger partial charge on any atom is -0.0136 e. The molecule has 0 aliphatic heterocycles. The fourth-order valence-corrected chi connectivity index (χ4v) is 2.90. The van der Waals surface area contributed by atoms with E-state index in [-0.39, 0.29) is 0 Å². The molecule has 82 valence electrons. The third-order valence-corrected chi connectivity index (χ3v) is 3.89. The van der Waals surface area contributed by atoms with Crippen LogP contribution < -0.4 is 0 Å². The Morgan fingerprint density at radius 1 is 1.13 bits per heavy atom. The molecule has 0 radical (unpaired) electrons. The van der Waals surface area contributed by atoms with Gasteiger partial charge in [0.1, 0.15) is 0 Å².